The molecule has 16 heavy (non-hydrogen) atoms. The molecule has 0 saturated carbocycles. The third kappa shape index (κ3) is 2.59. The first-order valence-electron chi connectivity index (χ1n) is 5.19. The van der Waals surface area contributed by atoms with E-state index < -0.39 is 0 Å². The van der Waals surface area contributed by atoms with Crippen molar-refractivity contribution in [1.82, 2.24) is 4.98 Å². The molecule has 2 N–H and O–H groups in total. The molecule has 0 amide bonds. The van der Waals surface area contributed by atoms with Crippen LogP contribution in [-0.2, 0) is 13.1 Å². The highest BCUT2D eigenvalue weighted by atomic mass is 32.1. The number of hydrogen-bond donors (Lipinski definition) is 1. The van der Waals surface area contributed by atoms with Crippen LogP contribution in [0.1, 0.15) is 11.3 Å². The van der Waals surface area contributed by atoms with Crippen molar-refractivity contribution in [3.63, 3.8) is 0 Å². The summed E-state index contributed by atoms with van der Waals surface area (Å²) in [7, 11) is 2.05. The van der Waals surface area contributed by atoms with Crippen LogP contribution >= 0.6 is 11.3 Å². The Morgan fingerprint density at radius 2 is 2.06 bits per heavy atom. The van der Waals surface area contributed by atoms with Crippen LogP contribution in [0.2, 0.25) is 0 Å². The lowest BCUT2D eigenvalue weighted by Gasteiger charge is -2.15. The van der Waals surface area contributed by atoms with E-state index >= 15 is 0 Å². The summed E-state index contributed by atoms with van der Waals surface area (Å²) in [6.07, 6.45) is 0. The smallest absolute Gasteiger partial charge is 0.185 e. The van der Waals surface area contributed by atoms with Gasteiger partial charge in [-0.05, 0) is 5.56 Å². The number of hydrogen-bond acceptors (Lipinski definition) is 4. The number of thiazole rings is 1. The molecule has 0 aliphatic heterocycles. The first-order valence-corrected chi connectivity index (χ1v) is 6.07. The minimum atomic E-state index is 0.510. The molecule has 2 rings (SSSR count). The zero-order chi connectivity index (χ0) is 11.4. The quantitative estimate of drug-likeness (QED) is 0.880. The van der Waals surface area contributed by atoms with Gasteiger partial charge in [-0.2, -0.15) is 0 Å². The van der Waals surface area contributed by atoms with Gasteiger partial charge in [-0.15, -0.1) is 11.3 Å². The summed E-state index contributed by atoms with van der Waals surface area (Å²) in [6, 6.07) is 10.4. The molecule has 0 spiro atoms. The van der Waals surface area contributed by atoms with Crippen LogP contribution in [-0.4, -0.2) is 12.0 Å². The summed E-state index contributed by atoms with van der Waals surface area (Å²) in [6.45, 7) is 1.38. The Balaban J connectivity index is 2.05. The van der Waals surface area contributed by atoms with Crippen molar-refractivity contribution in [2.75, 3.05) is 11.9 Å². The summed E-state index contributed by atoms with van der Waals surface area (Å²) in [5.74, 6) is 0. The average Bonchev–Trinajstić information content (AvgIpc) is 2.79. The second-order valence-corrected chi connectivity index (χ2v) is 4.50. The first-order chi connectivity index (χ1) is 7.79. The topological polar surface area (TPSA) is 42.2 Å². The highest BCUT2D eigenvalue weighted by Gasteiger charge is 2.06. The van der Waals surface area contributed by atoms with E-state index in [1.807, 2.05) is 18.5 Å². The maximum Gasteiger partial charge on any atom is 0.185 e. The SMILES string of the molecule is CN(Cc1ccccc1)c1nc(CN)cs1. The molecular weight excluding hydrogens is 218 g/mol. The minimum absolute atomic E-state index is 0.510. The van der Waals surface area contributed by atoms with E-state index in [-0.39, 0.29) is 0 Å². The van der Waals surface area contributed by atoms with Crippen LogP contribution in [0.5, 0.6) is 0 Å². The Hall–Kier alpha value is -1.39. The Morgan fingerprint density at radius 3 is 2.69 bits per heavy atom. The van der Waals surface area contributed by atoms with Crippen molar-refractivity contribution >= 4 is 16.5 Å². The van der Waals surface area contributed by atoms with Crippen molar-refractivity contribution in [3.8, 4) is 0 Å². The van der Waals surface area contributed by atoms with E-state index in [9.17, 15) is 0 Å². The maximum absolute atomic E-state index is 5.54. The zero-order valence-electron chi connectivity index (χ0n) is 9.26. The van der Waals surface area contributed by atoms with Crippen LogP contribution in [0.15, 0.2) is 35.7 Å². The van der Waals surface area contributed by atoms with Gasteiger partial charge in [0.05, 0.1) is 5.69 Å². The molecule has 1 heterocycles. The van der Waals surface area contributed by atoms with Gasteiger partial charge in [0.25, 0.3) is 0 Å². The summed E-state index contributed by atoms with van der Waals surface area (Å²) in [5, 5.41) is 3.03. The number of aromatic nitrogens is 1. The van der Waals surface area contributed by atoms with Crippen LogP contribution in [0.25, 0.3) is 0 Å². The predicted octanol–water partition coefficient (Wildman–Crippen LogP) is 2.24. The van der Waals surface area contributed by atoms with Crippen LogP contribution in [0, 0.1) is 0 Å². The number of benzene rings is 1. The average molecular weight is 233 g/mol. The lowest BCUT2D eigenvalue weighted by molar-refractivity contribution is 0.900. The van der Waals surface area contributed by atoms with Crippen molar-refractivity contribution in [2.24, 2.45) is 5.73 Å². The van der Waals surface area contributed by atoms with Crippen molar-refractivity contribution in [1.29, 1.82) is 0 Å². The molecule has 2 aromatic rings. The largest absolute Gasteiger partial charge is 0.347 e. The van der Waals surface area contributed by atoms with Gasteiger partial charge in [0.15, 0.2) is 5.13 Å². The molecule has 0 aliphatic carbocycles. The zero-order valence-corrected chi connectivity index (χ0v) is 10.1. The van der Waals surface area contributed by atoms with E-state index in [0.29, 0.717) is 6.54 Å². The molecule has 0 unspecified atom stereocenters. The molecule has 3 nitrogen and oxygen atoms in total. The van der Waals surface area contributed by atoms with E-state index in [0.717, 1.165) is 17.4 Å². The van der Waals surface area contributed by atoms with Crippen LogP contribution in [0.3, 0.4) is 0 Å². The second kappa shape index (κ2) is 5.09. The third-order valence-electron chi connectivity index (χ3n) is 2.34. The molecule has 0 aliphatic rings. The fourth-order valence-corrected chi connectivity index (χ4v) is 2.30. The van der Waals surface area contributed by atoms with Gasteiger partial charge in [0, 0.05) is 25.5 Å². The number of nitrogens with zero attached hydrogens (tertiary/aromatic N) is 2. The number of rotatable bonds is 4. The van der Waals surface area contributed by atoms with Crippen molar-refractivity contribution < 1.29 is 0 Å². The normalized spacial score (nSPS) is 10.4. The monoisotopic (exact) mass is 233 g/mol. The van der Waals surface area contributed by atoms with E-state index in [2.05, 4.69) is 34.1 Å². The number of nitrogens with two attached hydrogens (primary N) is 1. The highest BCUT2D eigenvalue weighted by molar-refractivity contribution is 7.13. The Labute approximate surface area is 99.5 Å². The summed E-state index contributed by atoms with van der Waals surface area (Å²) < 4.78 is 0. The van der Waals surface area contributed by atoms with Crippen molar-refractivity contribution in [2.45, 2.75) is 13.1 Å². The summed E-state index contributed by atoms with van der Waals surface area (Å²) in [4.78, 5) is 6.58. The van der Waals surface area contributed by atoms with Gasteiger partial charge in [-0.25, -0.2) is 4.98 Å². The first kappa shape index (κ1) is 11.1. The lowest BCUT2D eigenvalue weighted by atomic mass is 10.2. The van der Waals surface area contributed by atoms with Gasteiger partial charge >= 0.3 is 0 Å². The molecule has 0 saturated heterocycles. The predicted molar refractivity (Wildman–Crippen MR) is 68.6 cm³/mol. The summed E-state index contributed by atoms with van der Waals surface area (Å²) in [5.41, 5.74) is 7.79. The molecular formula is C12H15N3S. The third-order valence-corrected chi connectivity index (χ3v) is 3.34. The fourth-order valence-electron chi connectivity index (χ4n) is 1.49. The molecule has 1 aromatic carbocycles. The lowest BCUT2D eigenvalue weighted by Crippen LogP contribution is -2.16. The van der Waals surface area contributed by atoms with Gasteiger partial charge in [0.2, 0.25) is 0 Å². The summed E-state index contributed by atoms with van der Waals surface area (Å²) >= 11 is 1.64. The van der Waals surface area contributed by atoms with E-state index in [1.54, 1.807) is 11.3 Å². The fraction of sp³-hybridized carbons (Fsp3) is 0.250. The molecule has 84 valence electrons. The van der Waals surface area contributed by atoms with Gasteiger partial charge in [-0.3, -0.25) is 0 Å². The molecule has 0 atom stereocenters. The Bertz CT molecular complexity index is 439. The van der Waals surface area contributed by atoms with Crippen molar-refractivity contribution in [3.05, 3.63) is 47.0 Å². The van der Waals surface area contributed by atoms with Gasteiger partial charge in [0.1, 0.15) is 0 Å². The molecule has 0 fully saturated rings. The Morgan fingerprint density at radius 1 is 1.31 bits per heavy atom. The van der Waals surface area contributed by atoms with Crippen LogP contribution in [0.4, 0.5) is 5.13 Å². The standard InChI is InChI=1S/C12H15N3S/c1-15(8-10-5-3-2-4-6-10)12-14-11(7-13)9-16-12/h2-6,9H,7-8,13H2,1H3. The highest BCUT2D eigenvalue weighted by Crippen LogP contribution is 2.20. The second-order valence-electron chi connectivity index (χ2n) is 3.67. The molecule has 0 radical (unpaired) electrons. The van der Waals surface area contributed by atoms with E-state index in [1.165, 1.54) is 5.56 Å². The Kier molecular flexibility index (Phi) is 3.54. The van der Waals surface area contributed by atoms with Gasteiger partial charge in [-0.1, -0.05) is 30.3 Å². The molecule has 4 heteroatoms. The molecule has 0 bridgehead atoms. The molecule has 1 aromatic heterocycles. The van der Waals surface area contributed by atoms with E-state index in [4.69, 9.17) is 5.73 Å². The number of anilines is 1. The van der Waals surface area contributed by atoms with Gasteiger partial charge < -0.3 is 10.6 Å². The minimum Gasteiger partial charge on any atom is -0.347 e. The maximum atomic E-state index is 5.54. The van der Waals surface area contributed by atoms with Crippen LogP contribution < -0.4 is 10.6 Å².